The van der Waals surface area contributed by atoms with Crippen molar-refractivity contribution in [1.29, 1.82) is 0 Å². The van der Waals surface area contributed by atoms with Gasteiger partial charge in [0.25, 0.3) is 0 Å². The molecule has 2 N–H and O–H groups in total. The quantitative estimate of drug-likeness (QED) is 0.715. The Morgan fingerprint density at radius 3 is 2.44 bits per heavy atom. The second-order valence-corrected chi connectivity index (χ2v) is 7.18. The van der Waals surface area contributed by atoms with Crippen molar-refractivity contribution < 1.29 is 23.8 Å². The van der Waals surface area contributed by atoms with Gasteiger partial charge in [-0.25, -0.2) is 9.18 Å². The number of carboxylic acid groups (broad SMARTS) is 1. The molecule has 0 saturated carbocycles. The summed E-state index contributed by atoms with van der Waals surface area (Å²) in [5.74, 6) is -2.14. The average Bonchev–Trinajstić information content (AvgIpc) is 2.51. The van der Waals surface area contributed by atoms with Gasteiger partial charge in [0.1, 0.15) is 11.9 Å². The zero-order valence-electron chi connectivity index (χ0n) is 15.3. The highest BCUT2D eigenvalue weighted by atomic mass is 19.1. The highest BCUT2D eigenvalue weighted by Crippen LogP contribution is 2.14. The molecule has 1 aromatic carbocycles. The van der Waals surface area contributed by atoms with Crippen molar-refractivity contribution in [3.05, 3.63) is 35.6 Å². The number of aliphatic carboxylic acids is 1. The van der Waals surface area contributed by atoms with E-state index in [9.17, 15) is 19.1 Å². The molecule has 0 aromatic heterocycles. The maximum absolute atomic E-state index is 13.6. The molecule has 0 heterocycles. The van der Waals surface area contributed by atoms with Crippen molar-refractivity contribution in [2.75, 3.05) is 6.61 Å². The van der Waals surface area contributed by atoms with Crippen LogP contribution in [0.15, 0.2) is 24.3 Å². The van der Waals surface area contributed by atoms with Crippen molar-refractivity contribution in [3.8, 4) is 0 Å². The molecule has 0 aliphatic rings. The molecule has 2 unspecified atom stereocenters. The number of carboxylic acids is 1. The second kappa shape index (κ2) is 9.51. The summed E-state index contributed by atoms with van der Waals surface area (Å²) >= 11 is 0. The largest absolute Gasteiger partial charge is 0.480 e. The summed E-state index contributed by atoms with van der Waals surface area (Å²) in [5.41, 5.74) is 0.190. The molecule has 0 spiro atoms. The number of nitrogens with one attached hydrogen (secondary N) is 1. The van der Waals surface area contributed by atoms with Gasteiger partial charge in [-0.1, -0.05) is 25.1 Å². The predicted molar refractivity (Wildman–Crippen MR) is 93.8 cm³/mol. The van der Waals surface area contributed by atoms with Crippen molar-refractivity contribution in [1.82, 2.24) is 5.32 Å². The Hall–Kier alpha value is -1.95. The summed E-state index contributed by atoms with van der Waals surface area (Å²) in [6, 6.07) is 5.44. The highest BCUT2D eigenvalue weighted by molar-refractivity contribution is 5.84. The van der Waals surface area contributed by atoms with E-state index in [1.807, 2.05) is 20.8 Å². The molecule has 0 fully saturated rings. The number of carbonyl (C=O) groups is 2. The third-order valence-corrected chi connectivity index (χ3v) is 3.81. The molecule has 0 radical (unpaired) electrons. The number of carbonyl (C=O) groups excluding carboxylic acids is 1. The van der Waals surface area contributed by atoms with Gasteiger partial charge >= 0.3 is 5.97 Å². The van der Waals surface area contributed by atoms with Gasteiger partial charge < -0.3 is 15.2 Å². The SMILES string of the molecule is CC(CCc1ccccc1F)C(=O)NC(CCOC(C)(C)C)C(=O)O. The molecule has 5 nitrogen and oxygen atoms in total. The van der Waals surface area contributed by atoms with Gasteiger partial charge in [-0.3, -0.25) is 4.79 Å². The smallest absolute Gasteiger partial charge is 0.326 e. The third-order valence-electron chi connectivity index (χ3n) is 3.81. The van der Waals surface area contributed by atoms with E-state index in [1.165, 1.54) is 6.07 Å². The van der Waals surface area contributed by atoms with E-state index in [1.54, 1.807) is 25.1 Å². The highest BCUT2D eigenvalue weighted by Gasteiger charge is 2.23. The van der Waals surface area contributed by atoms with Crippen molar-refractivity contribution in [3.63, 3.8) is 0 Å². The molecule has 0 aliphatic heterocycles. The molecule has 2 atom stereocenters. The molecule has 25 heavy (non-hydrogen) atoms. The van der Waals surface area contributed by atoms with Crippen LogP contribution in [0.25, 0.3) is 0 Å². The van der Waals surface area contributed by atoms with E-state index >= 15 is 0 Å². The van der Waals surface area contributed by atoms with Crippen LogP contribution in [-0.4, -0.2) is 35.2 Å². The molecule has 0 bridgehead atoms. The van der Waals surface area contributed by atoms with Crippen molar-refractivity contribution in [2.45, 2.75) is 58.6 Å². The lowest BCUT2D eigenvalue weighted by Gasteiger charge is -2.22. The molecule has 1 aromatic rings. The average molecular weight is 353 g/mol. The number of hydrogen-bond donors (Lipinski definition) is 2. The van der Waals surface area contributed by atoms with Gasteiger partial charge in [-0.2, -0.15) is 0 Å². The van der Waals surface area contributed by atoms with E-state index < -0.39 is 17.9 Å². The zero-order valence-corrected chi connectivity index (χ0v) is 15.3. The lowest BCUT2D eigenvalue weighted by Crippen LogP contribution is -2.44. The monoisotopic (exact) mass is 353 g/mol. The van der Waals surface area contributed by atoms with Gasteiger partial charge in [-0.05, 0) is 45.2 Å². The standard InChI is InChI=1S/C19H28FNO4/c1-13(9-10-14-7-5-6-8-15(14)20)17(22)21-16(18(23)24)11-12-25-19(2,3)4/h5-8,13,16H,9-12H2,1-4H3,(H,21,22)(H,23,24). The van der Waals surface area contributed by atoms with Gasteiger partial charge in [0, 0.05) is 18.9 Å². The number of halogens is 1. The van der Waals surface area contributed by atoms with E-state index in [0.717, 1.165) is 0 Å². The Morgan fingerprint density at radius 2 is 1.88 bits per heavy atom. The molecule has 140 valence electrons. The number of hydrogen-bond acceptors (Lipinski definition) is 3. The molecule has 1 amide bonds. The van der Waals surface area contributed by atoms with Crippen LogP contribution in [0.3, 0.4) is 0 Å². The molecule has 0 aliphatic carbocycles. The molecule has 1 rings (SSSR count). The Morgan fingerprint density at radius 1 is 1.24 bits per heavy atom. The topological polar surface area (TPSA) is 75.6 Å². The van der Waals surface area contributed by atoms with Gasteiger partial charge in [-0.15, -0.1) is 0 Å². The Kier molecular flexibility index (Phi) is 8.03. The van der Waals surface area contributed by atoms with Crippen LogP contribution in [0, 0.1) is 11.7 Å². The lowest BCUT2D eigenvalue weighted by atomic mass is 9.99. The first-order valence-corrected chi connectivity index (χ1v) is 8.50. The van der Waals surface area contributed by atoms with Crippen LogP contribution < -0.4 is 5.32 Å². The summed E-state index contributed by atoms with van der Waals surface area (Å²) < 4.78 is 19.1. The van der Waals surface area contributed by atoms with Crippen LogP contribution in [0.4, 0.5) is 4.39 Å². The first-order valence-electron chi connectivity index (χ1n) is 8.50. The Balaban J connectivity index is 2.49. The molecule has 6 heteroatoms. The van der Waals surface area contributed by atoms with E-state index in [2.05, 4.69) is 5.32 Å². The number of rotatable bonds is 9. The fourth-order valence-electron chi connectivity index (χ4n) is 2.26. The van der Waals surface area contributed by atoms with Crippen LogP contribution in [0.5, 0.6) is 0 Å². The summed E-state index contributed by atoms with van der Waals surface area (Å²) in [6.45, 7) is 7.59. The van der Waals surface area contributed by atoms with E-state index in [4.69, 9.17) is 4.74 Å². The normalized spacial score (nSPS) is 14.0. The maximum atomic E-state index is 13.6. The lowest BCUT2D eigenvalue weighted by molar-refractivity contribution is -0.143. The first-order chi connectivity index (χ1) is 11.6. The Bertz CT molecular complexity index is 583. The third kappa shape index (κ3) is 8.12. The number of amides is 1. The molecular weight excluding hydrogens is 325 g/mol. The van der Waals surface area contributed by atoms with Crippen LogP contribution >= 0.6 is 0 Å². The van der Waals surface area contributed by atoms with Crippen LogP contribution in [0.1, 0.15) is 46.1 Å². The predicted octanol–water partition coefficient (Wildman–Crippen LogP) is 3.17. The molecular formula is C19H28FNO4. The minimum atomic E-state index is -1.09. The van der Waals surface area contributed by atoms with Crippen LogP contribution in [0.2, 0.25) is 0 Å². The first kappa shape index (κ1) is 21.1. The second-order valence-electron chi connectivity index (χ2n) is 7.18. The maximum Gasteiger partial charge on any atom is 0.326 e. The summed E-state index contributed by atoms with van der Waals surface area (Å²) in [6.07, 6.45) is 1.06. The van der Waals surface area contributed by atoms with E-state index in [0.29, 0.717) is 18.4 Å². The number of ether oxygens (including phenoxy) is 1. The number of aryl methyl sites for hydroxylation is 1. The summed E-state index contributed by atoms with van der Waals surface area (Å²) in [7, 11) is 0. The Labute approximate surface area is 148 Å². The fraction of sp³-hybridized carbons (Fsp3) is 0.579. The van der Waals surface area contributed by atoms with Gasteiger partial charge in [0.05, 0.1) is 5.60 Å². The fourth-order valence-corrected chi connectivity index (χ4v) is 2.26. The minimum absolute atomic E-state index is 0.193. The van der Waals surface area contributed by atoms with Crippen molar-refractivity contribution >= 4 is 11.9 Å². The summed E-state index contributed by atoms with van der Waals surface area (Å²) in [4.78, 5) is 23.5. The zero-order chi connectivity index (χ0) is 19.0. The summed E-state index contributed by atoms with van der Waals surface area (Å²) in [5, 5.41) is 11.8. The van der Waals surface area contributed by atoms with E-state index in [-0.39, 0.29) is 30.4 Å². The van der Waals surface area contributed by atoms with Gasteiger partial charge in [0.2, 0.25) is 5.91 Å². The minimum Gasteiger partial charge on any atom is -0.480 e. The number of benzene rings is 1. The van der Waals surface area contributed by atoms with Crippen molar-refractivity contribution in [2.24, 2.45) is 5.92 Å². The molecule has 0 saturated heterocycles. The van der Waals surface area contributed by atoms with Crippen LogP contribution in [-0.2, 0) is 20.7 Å². The van der Waals surface area contributed by atoms with Gasteiger partial charge in [0.15, 0.2) is 0 Å².